The lowest BCUT2D eigenvalue weighted by Crippen LogP contribution is -2.41. The van der Waals surface area contributed by atoms with Gasteiger partial charge in [-0.3, -0.25) is 4.79 Å². The van der Waals surface area contributed by atoms with E-state index in [0.29, 0.717) is 34.0 Å². The van der Waals surface area contributed by atoms with E-state index < -0.39 is 23.9 Å². The molecule has 7 heteroatoms. The van der Waals surface area contributed by atoms with Crippen molar-refractivity contribution in [2.45, 2.75) is 57.8 Å². The van der Waals surface area contributed by atoms with E-state index in [4.69, 9.17) is 18.5 Å². The summed E-state index contributed by atoms with van der Waals surface area (Å²) < 4.78 is 23.5. The van der Waals surface area contributed by atoms with Crippen molar-refractivity contribution in [3.05, 3.63) is 71.0 Å². The molecule has 3 aromatic rings. The number of furan rings is 1. The molecule has 1 saturated heterocycles. The average molecular weight is 460 g/mol. The lowest BCUT2D eigenvalue weighted by molar-refractivity contribution is 0.00578. The highest BCUT2D eigenvalue weighted by atomic mass is 16.7. The van der Waals surface area contributed by atoms with Crippen LogP contribution in [0.3, 0.4) is 0 Å². The number of hydrogen-bond donors (Lipinski definition) is 1. The standard InChI is InChI=1S/C27H29BO6/c1-16-13-21-23(32-16)20-12-11-19(31-6)14-22(20)27(30,24(21)29)15-17-7-9-18(10-8-17)28-33-25(2,3)26(4,5)34-28/h7-14,30H,15H2,1-6H3. The van der Waals surface area contributed by atoms with Crippen molar-refractivity contribution >= 4 is 18.4 Å². The van der Waals surface area contributed by atoms with Crippen LogP contribution in [-0.4, -0.2) is 36.3 Å². The third-order valence-corrected chi connectivity index (χ3v) is 7.36. The molecule has 2 heterocycles. The van der Waals surface area contributed by atoms with E-state index in [2.05, 4.69) is 0 Å². The van der Waals surface area contributed by atoms with E-state index in [-0.39, 0.29) is 12.2 Å². The van der Waals surface area contributed by atoms with Crippen LogP contribution in [0, 0.1) is 6.92 Å². The molecule has 176 valence electrons. The highest BCUT2D eigenvalue weighted by Gasteiger charge is 2.52. The average Bonchev–Trinajstić information content (AvgIpc) is 3.28. The molecule has 1 unspecified atom stereocenters. The van der Waals surface area contributed by atoms with E-state index >= 15 is 0 Å². The summed E-state index contributed by atoms with van der Waals surface area (Å²) in [7, 11) is 1.09. The first-order chi connectivity index (χ1) is 15.9. The van der Waals surface area contributed by atoms with Gasteiger partial charge in [-0.15, -0.1) is 0 Å². The molecule has 0 spiro atoms. The fourth-order valence-corrected chi connectivity index (χ4v) is 4.66. The second-order valence-electron chi connectivity index (χ2n) is 10.2. The molecule has 2 aliphatic rings. The lowest BCUT2D eigenvalue weighted by atomic mass is 9.73. The van der Waals surface area contributed by atoms with Gasteiger partial charge in [0.25, 0.3) is 0 Å². The Morgan fingerprint density at radius 1 is 0.941 bits per heavy atom. The van der Waals surface area contributed by atoms with E-state index in [1.807, 2.05) is 58.0 Å². The van der Waals surface area contributed by atoms with Crippen molar-refractivity contribution in [1.29, 1.82) is 0 Å². The van der Waals surface area contributed by atoms with Crippen molar-refractivity contribution in [1.82, 2.24) is 0 Å². The SMILES string of the molecule is COc1ccc2c(c1)C(O)(Cc1ccc(B3OC(C)(C)C(C)(C)O3)cc1)C(=O)c1cc(C)oc1-2. The van der Waals surface area contributed by atoms with Crippen molar-refractivity contribution in [3.63, 3.8) is 0 Å². The number of carbonyl (C=O) groups is 1. The van der Waals surface area contributed by atoms with Gasteiger partial charge in [-0.25, -0.2) is 0 Å². The number of carbonyl (C=O) groups excluding carboxylic acids is 1. The Labute approximate surface area is 200 Å². The van der Waals surface area contributed by atoms with Crippen molar-refractivity contribution < 1.29 is 28.4 Å². The van der Waals surface area contributed by atoms with E-state index in [9.17, 15) is 9.90 Å². The first-order valence-corrected chi connectivity index (χ1v) is 11.5. The Hall–Kier alpha value is -2.87. The van der Waals surface area contributed by atoms with Gasteiger partial charge in [-0.05, 0) is 69.9 Å². The summed E-state index contributed by atoms with van der Waals surface area (Å²) in [5.41, 5.74) is 0.665. The zero-order chi connectivity index (χ0) is 24.5. The molecule has 0 radical (unpaired) electrons. The number of rotatable bonds is 4. The van der Waals surface area contributed by atoms with Crippen LogP contribution in [0.25, 0.3) is 11.3 Å². The summed E-state index contributed by atoms with van der Waals surface area (Å²) in [6.45, 7) is 9.86. The largest absolute Gasteiger partial charge is 0.497 e. The molecule has 1 N–H and O–H groups in total. The number of aryl methyl sites for hydroxylation is 1. The quantitative estimate of drug-likeness (QED) is 0.589. The summed E-state index contributed by atoms with van der Waals surface area (Å²) in [6, 6.07) is 14.7. The van der Waals surface area contributed by atoms with Crippen LogP contribution < -0.4 is 10.2 Å². The van der Waals surface area contributed by atoms with Crippen LogP contribution in [0.15, 0.2) is 52.9 Å². The zero-order valence-corrected chi connectivity index (χ0v) is 20.4. The maximum Gasteiger partial charge on any atom is 0.494 e. The Morgan fingerprint density at radius 2 is 1.59 bits per heavy atom. The van der Waals surface area contributed by atoms with Crippen LogP contribution in [0.2, 0.25) is 0 Å². The number of Topliss-reactive ketones (excluding diaryl/α,β-unsaturated/α-hetero) is 1. The summed E-state index contributed by atoms with van der Waals surface area (Å²) in [4.78, 5) is 13.5. The molecule has 0 bridgehead atoms. The molecule has 1 fully saturated rings. The molecule has 34 heavy (non-hydrogen) atoms. The number of fused-ring (bicyclic) bond motifs is 3. The molecular formula is C27H29BO6. The van der Waals surface area contributed by atoms with Gasteiger partial charge < -0.3 is 23.6 Å². The van der Waals surface area contributed by atoms with Crippen LogP contribution in [0.1, 0.15) is 54.9 Å². The van der Waals surface area contributed by atoms with E-state index in [1.54, 1.807) is 32.2 Å². The molecule has 0 amide bonds. The number of hydrogen-bond acceptors (Lipinski definition) is 6. The highest BCUT2D eigenvalue weighted by Crippen LogP contribution is 2.46. The number of ketones is 1. The van der Waals surface area contributed by atoms with Crippen LogP contribution in [0.5, 0.6) is 5.75 Å². The first-order valence-electron chi connectivity index (χ1n) is 11.5. The number of aliphatic hydroxyl groups is 1. The molecular weight excluding hydrogens is 431 g/mol. The second-order valence-corrected chi connectivity index (χ2v) is 10.2. The van der Waals surface area contributed by atoms with E-state index in [0.717, 1.165) is 11.0 Å². The fourth-order valence-electron chi connectivity index (χ4n) is 4.66. The normalized spacial score (nSPS) is 22.4. The maximum absolute atomic E-state index is 13.5. The molecule has 5 rings (SSSR count). The predicted octanol–water partition coefficient (Wildman–Crippen LogP) is 4.19. The van der Waals surface area contributed by atoms with Crippen molar-refractivity contribution in [3.8, 4) is 17.1 Å². The smallest absolute Gasteiger partial charge is 0.494 e. The van der Waals surface area contributed by atoms with Gasteiger partial charge in [0.2, 0.25) is 5.78 Å². The van der Waals surface area contributed by atoms with Gasteiger partial charge in [0, 0.05) is 17.5 Å². The van der Waals surface area contributed by atoms with Gasteiger partial charge in [-0.1, -0.05) is 24.3 Å². The third-order valence-electron chi connectivity index (χ3n) is 7.36. The third kappa shape index (κ3) is 3.42. The minimum absolute atomic E-state index is 0.110. The molecule has 1 aliphatic heterocycles. The van der Waals surface area contributed by atoms with Gasteiger partial charge in [0.05, 0.1) is 23.9 Å². The molecule has 2 aromatic carbocycles. The van der Waals surface area contributed by atoms with Crippen molar-refractivity contribution in [2.75, 3.05) is 7.11 Å². The summed E-state index contributed by atoms with van der Waals surface area (Å²) in [5, 5.41) is 11.8. The van der Waals surface area contributed by atoms with Gasteiger partial charge >= 0.3 is 7.12 Å². The maximum atomic E-state index is 13.5. The van der Waals surface area contributed by atoms with Gasteiger partial charge in [0.15, 0.2) is 5.60 Å². The van der Waals surface area contributed by atoms with Gasteiger partial charge in [-0.2, -0.15) is 0 Å². The summed E-state index contributed by atoms with van der Waals surface area (Å²) in [5.74, 6) is 1.29. The molecule has 0 saturated carbocycles. The van der Waals surface area contributed by atoms with Crippen LogP contribution in [-0.2, 0) is 21.3 Å². The highest BCUT2D eigenvalue weighted by molar-refractivity contribution is 6.62. The number of benzene rings is 2. The minimum atomic E-state index is -1.75. The lowest BCUT2D eigenvalue weighted by Gasteiger charge is -2.32. The monoisotopic (exact) mass is 460 g/mol. The first kappa shape index (κ1) is 22.9. The Kier molecular flexibility index (Phi) is 5.10. The Morgan fingerprint density at radius 3 is 2.21 bits per heavy atom. The minimum Gasteiger partial charge on any atom is -0.497 e. The summed E-state index contributed by atoms with van der Waals surface area (Å²) in [6.07, 6.45) is 0.110. The van der Waals surface area contributed by atoms with E-state index in [1.165, 1.54) is 0 Å². The molecule has 1 aliphatic carbocycles. The molecule has 6 nitrogen and oxygen atoms in total. The Bertz CT molecular complexity index is 1260. The molecule has 1 atom stereocenters. The number of ether oxygens (including phenoxy) is 1. The topological polar surface area (TPSA) is 78.1 Å². The van der Waals surface area contributed by atoms with Crippen LogP contribution >= 0.6 is 0 Å². The number of methoxy groups -OCH3 is 1. The molecule has 1 aromatic heterocycles. The predicted molar refractivity (Wildman–Crippen MR) is 130 cm³/mol. The Balaban J connectivity index is 1.49. The van der Waals surface area contributed by atoms with Gasteiger partial charge in [0.1, 0.15) is 17.3 Å². The zero-order valence-electron chi connectivity index (χ0n) is 20.4. The summed E-state index contributed by atoms with van der Waals surface area (Å²) >= 11 is 0. The fraction of sp³-hybridized carbons (Fsp3) is 0.370. The second kappa shape index (κ2) is 7.57. The van der Waals surface area contributed by atoms with Crippen molar-refractivity contribution in [2.24, 2.45) is 0 Å². The van der Waals surface area contributed by atoms with Crippen LogP contribution in [0.4, 0.5) is 0 Å².